The van der Waals surface area contributed by atoms with Gasteiger partial charge in [-0.15, -0.1) is 0 Å². The highest BCUT2D eigenvalue weighted by atomic mass is 35.5. The lowest BCUT2D eigenvalue weighted by molar-refractivity contribution is 0.102. The minimum atomic E-state index is -0.310. The third-order valence-electron chi connectivity index (χ3n) is 3.86. The molecule has 0 aliphatic carbocycles. The van der Waals surface area contributed by atoms with Gasteiger partial charge >= 0.3 is 0 Å². The number of carbonyl (C=O) groups excluding carboxylic acids is 1. The van der Waals surface area contributed by atoms with Gasteiger partial charge in [-0.25, -0.2) is 4.39 Å². The molecule has 3 aromatic rings. The number of halogens is 2. The van der Waals surface area contributed by atoms with Gasteiger partial charge < -0.3 is 5.32 Å². The standard InChI is InChI=1S/C19H17ClFN3O/c1-2-13-7-9-14(10-8-13)19(25)22-18-16(20)12-24(23-18)11-15-5-3-4-6-17(15)21/h3-10,12H,2,11H2,1H3,(H,22,23,25). The van der Waals surface area contributed by atoms with Crippen LogP contribution in [0.15, 0.2) is 54.7 Å². The zero-order valence-electron chi connectivity index (χ0n) is 13.7. The molecule has 0 spiro atoms. The van der Waals surface area contributed by atoms with Crippen LogP contribution in [0.3, 0.4) is 0 Å². The Bertz CT molecular complexity index is 890. The molecule has 0 bridgehead atoms. The minimum Gasteiger partial charge on any atom is -0.304 e. The van der Waals surface area contributed by atoms with Crippen LogP contribution in [0, 0.1) is 5.82 Å². The second kappa shape index (κ2) is 7.49. The average molecular weight is 358 g/mol. The zero-order valence-corrected chi connectivity index (χ0v) is 14.4. The van der Waals surface area contributed by atoms with E-state index in [-0.39, 0.29) is 24.1 Å². The summed E-state index contributed by atoms with van der Waals surface area (Å²) in [6.45, 7) is 2.28. The first kappa shape index (κ1) is 17.2. The smallest absolute Gasteiger partial charge is 0.256 e. The molecule has 1 amide bonds. The van der Waals surface area contributed by atoms with Crippen molar-refractivity contribution in [2.75, 3.05) is 5.32 Å². The highest BCUT2D eigenvalue weighted by molar-refractivity contribution is 6.33. The molecule has 0 fully saturated rings. The van der Waals surface area contributed by atoms with Gasteiger partial charge in [0.05, 0.1) is 6.54 Å². The van der Waals surface area contributed by atoms with Crippen molar-refractivity contribution in [1.82, 2.24) is 9.78 Å². The Labute approximate surface area is 150 Å². The Kier molecular flexibility index (Phi) is 5.14. The first-order valence-electron chi connectivity index (χ1n) is 7.93. The molecule has 0 atom stereocenters. The van der Waals surface area contributed by atoms with E-state index in [9.17, 15) is 9.18 Å². The molecule has 0 radical (unpaired) electrons. The van der Waals surface area contributed by atoms with E-state index >= 15 is 0 Å². The second-order valence-electron chi connectivity index (χ2n) is 5.62. The van der Waals surface area contributed by atoms with Crippen LogP contribution in [0.2, 0.25) is 5.02 Å². The normalized spacial score (nSPS) is 10.7. The molecule has 0 saturated carbocycles. The fourth-order valence-electron chi connectivity index (χ4n) is 2.44. The quantitative estimate of drug-likeness (QED) is 0.728. The van der Waals surface area contributed by atoms with Crippen molar-refractivity contribution in [2.24, 2.45) is 0 Å². The van der Waals surface area contributed by atoms with Crippen molar-refractivity contribution in [1.29, 1.82) is 0 Å². The molecule has 1 heterocycles. The lowest BCUT2D eigenvalue weighted by atomic mass is 10.1. The monoisotopic (exact) mass is 357 g/mol. The number of anilines is 1. The van der Waals surface area contributed by atoms with Crippen LogP contribution in [-0.4, -0.2) is 15.7 Å². The first-order chi connectivity index (χ1) is 12.1. The fraction of sp³-hybridized carbons (Fsp3) is 0.158. The largest absolute Gasteiger partial charge is 0.304 e. The maximum atomic E-state index is 13.7. The molecule has 0 aliphatic heterocycles. The van der Waals surface area contributed by atoms with Crippen molar-refractivity contribution in [3.8, 4) is 0 Å². The van der Waals surface area contributed by atoms with Gasteiger partial charge in [0, 0.05) is 17.3 Å². The average Bonchev–Trinajstić information content (AvgIpc) is 2.96. The van der Waals surface area contributed by atoms with E-state index in [4.69, 9.17) is 11.6 Å². The van der Waals surface area contributed by atoms with Gasteiger partial charge in [0.2, 0.25) is 0 Å². The molecular weight excluding hydrogens is 341 g/mol. The maximum absolute atomic E-state index is 13.7. The van der Waals surface area contributed by atoms with Gasteiger partial charge in [-0.2, -0.15) is 5.10 Å². The van der Waals surface area contributed by atoms with E-state index in [1.807, 2.05) is 12.1 Å². The number of amides is 1. The van der Waals surface area contributed by atoms with Crippen LogP contribution in [0.1, 0.15) is 28.4 Å². The van der Waals surface area contributed by atoms with Crippen LogP contribution in [-0.2, 0) is 13.0 Å². The number of carbonyl (C=O) groups is 1. The molecule has 0 aliphatic rings. The molecule has 0 unspecified atom stereocenters. The molecule has 1 N–H and O–H groups in total. The molecule has 3 rings (SSSR count). The van der Waals surface area contributed by atoms with Crippen molar-refractivity contribution in [2.45, 2.75) is 19.9 Å². The summed E-state index contributed by atoms with van der Waals surface area (Å²) < 4.78 is 15.2. The topological polar surface area (TPSA) is 46.9 Å². The van der Waals surface area contributed by atoms with Gasteiger partial charge in [0.15, 0.2) is 5.82 Å². The van der Waals surface area contributed by atoms with Crippen LogP contribution in [0.5, 0.6) is 0 Å². The van der Waals surface area contributed by atoms with Crippen LogP contribution in [0.4, 0.5) is 10.2 Å². The summed E-state index contributed by atoms with van der Waals surface area (Å²) in [6, 6.07) is 13.8. The first-order valence-corrected chi connectivity index (χ1v) is 8.31. The Morgan fingerprint density at radius 1 is 1.20 bits per heavy atom. The van der Waals surface area contributed by atoms with Gasteiger partial charge in [-0.1, -0.05) is 48.9 Å². The van der Waals surface area contributed by atoms with Crippen molar-refractivity contribution in [3.05, 3.63) is 82.3 Å². The summed E-state index contributed by atoms with van der Waals surface area (Å²) >= 11 is 6.14. The lowest BCUT2D eigenvalue weighted by Gasteiger charge is -2.04. The van der Waals surface area contributed by atoms with Gasteiger partial charge in [-0.05, 0) is 30.2 Å². The van der Waals surface area contributed by atoms with Crippen LogP contribution in [0.25, 0.3) is 0 Å². The summed E-state index contributed by atoms with van der Waals surface area (Å²) in [5.41, 5.74) is 2.18. The Hall–Kier alpha value is -2.66. The molecule has 1 aromatic heterocycles. The predicted molar refractivity (Wildman–Crippen MR) is 96.5 cm³/mol. The minimum absolute atomic E-state index is 0.230. The van der Waals surface area contributed by atoms with Crippen molar-refractivity contribution < 1.29 is 9.18 Å². The van der Waals surface area contributed by atoms with Gasteiger partial charge in [0.25, 0.3) is 5.91 Å². The zero-order chi connectivity index (χ0) is 17.8. The number of hydrogen-bond donors (Lipinski definition) is 1. The molecule has 25 heavy (non-hydrogen) atoms. The lowest BCUT2D eigenvalue weighted by Crippen LogP contribution is -2.13. The van der Waals surface area contributed by atoms with E-state index in [0.29, 0.717) is 16.1 Å². The fourth-order valence-corrected chi connectivity index (χ4v) is 2.63. The summed E-state index contributed by atoms with van der Waals surface area (Å²) in [5, 5.41) is 7.22. The number of nitrogens with one attached hydrogen (secondary N) is 1. The van der Waals surface area contributed by atoms with Crippen LogP contribution >= 0.6 is 11.6 Å². The van der Waals surface area contributed by atoms with E-state index in [1.54, 1.807) is 36.5 Å². The van der Waals surface area contributed by atoms with Gasteiger partial charge in [0.1, 0.15) is 10.8 Å². The van der Waals surface area contributed by atoms with Gasteiger partial charge in [-0.3, -0.25) is 9.48 Å². The molecule has 4 nitrogen and oxygen atoms in total. The third kappa shape index (κ3) is 4.06. The van der Waals surface area contributed by atoms with E-state index in [2.05, 4.69) is 17.3 Å². The number of aryl methyl sites for hydroxylation is 1. The summed E-state index contributed by atoms with van der Waals surface area (Å²) in [5.74, 6) is -0.348. The Morgan fingerprint density at radius 2 is 1.92 bits per heavy atom. The molecule has 0 saturated heterocycles. The van der Waals surface area contributed by atoms with E-state index in [0.717, 1.165) is 12.0 Å². The highest BCUT2D eigenvalue weighted by Crippen LogP contribution is 2.21. The second-order valence-corrected chi connectivity index (χ2v) is 6.03. The number of rotatable bonds is 5. The number of benzene rings is 2. The summed E-state index contributed by atoms with van der Waals surface area (Å²) in [6.07, 6.45) is 2.47. The molecule has 6 heteroatoms. The van der Waals surface area contributed by atoms with Crippen molar-refractivity contribution in [3.63, 3.8) is 0 Å². The Morgan fingerprint density at radius 3 is 2.60 bits per heavy atom. The van der Waals surface area contributed by atoms with Crippen molar-refractivity contribution >= 4 is 23.3 Å². The van der Waals surface area contributed by atoms with Crippen LogP contribution < -0.4 is 5.32 Å². The Balaban J connectivity index is 1.73. The molecule has 2 aromatic carbocycles. The highest BCUT2D eigenvalue weighted by Gasteiger charge is 2.13. The molecular formula is C19H17ClFN3O. The number of nitrogens with zero attached hydrogens (tertiary/aromatic N) is 2. The third-order valence-corrected chi connectivity index (χ3v) is 4.14. The summed E-state index contributed by atoms with van der Waals surface area (Å²) in [4.78, 5) is 12.3. The SMILES string of the molecule is CCc1ccc(C(=O)Nc2nn(Cc3ccccc3F)cc2Cl)cc1. The maximum Gasteiger partial charge on any atom is 0.256 e. The van der Waals surface area contributed by atoms with E-state index < -0.39 is 0 Å². The molecule has 128 valence electrons. The number of aromatic nitrogens is 2. The predicted octanol–water partition coefficient (Wildman–Crippen LogP) is 4.54. The summed E-state index contributed by atoms with van der Waals surface area (Å²) in [7, 11) is 0. The number of hydrogen-bond acceptors (Lipinski definition) is 2. The van der Waals surface area contributed by atoms with E-state index in [1.165, 1.54) is 10.7 Å².